The second-order valence-electron chi connectivity index (χ2n) is 3.58. The molecule has 0 aromatic carbocycles. The van der Waals surface area contributed by atoms with Crippen molar-refractivity contribution < 1.29 is 9.53 Å². The third-order valence-corrected chi connectivity index (χ3v) is 2.97. The van der Waals surface area contributed by atoms with E-state index in [2.05, 4.69) is 13.2 Å². The number of hydrogen-bond acceptors (Lipinski definition) is 4. The Balaban J connectivity index is 4.62. The Kier molecular flexibility index (Phi) is 9.96. The van der Waals surface area contributed by atoms with Crippen molar-refractivity contribution in [3.63, 3.8) is 0 Å². The number of ether oxygens (including phenoxy) is 1. The molecule has 4 heteroatoms. The molecule has 98 valence electrons. The molecule has 3 nitrogen and oxygen atoms in total. The molecular weight excluding hydrogens is 234 g/mol. The maximum atomic E-state index is 11.9. The van der Waals surface area contributed by atoms with Crippen LogP contribution < -0.4 is 0 Å². The molecule has 0 rings (SSSR count). The van der Waals surface area contributed by atoms with Crippen molar-refractivity contribution in [3.8, 4) is 0 Å². The Morgan fingerprint density at radius 1 is 1.41 bits per heavy atom. The number of thioether (sulfide) groups is 1. The zero-order valence-corrected chi connectivity index (χ0v) is 11.7. The summed E-state index contributed by atoms with van der Waals surface area (Å²) in [6, 6.07) is -0.196. The molecule has 0 amide bonds. The zero-order valence-electron chi connectivity index (χ0n) is 10.9. The van der Waals surface area contributed by atoms with E-state index in [1.54, 1.807) is 23.9 Å². The van der Waals surface area contributed by atoms with Gasteiger partial charge in [-0.2, -0.15) is 11.8 Å². The summed E-state index contributed by atoms with van der Waals surface area (Å²) < 4.78 is 5.12. The molecule has 0 aromatic heterocycles. The van der Waals surface area contributed by atoms with Crippen LogP contribution in [0.25, 0.3) is 0 Å². The maximum absolute atomic E-state index is 11.9. The van der Waals surface area contributed by atoms with Crippen molar-refractivity contribution >= 4 is 17.7 Å². The number of carbonyl (C=O) groups excluding carboxylic acids is 1. The molecule has 0 fully saturated rings. The molecule has 0 aromatic rings. The Labute approximate surface area is 109 Å². The Hall–Kier alpha value is -0.740. The second-order valence-corrected chi connectivity index (χ2v) is 4.57. The molecule has 0 saturated carbocycles. The van der Waals surface area contributed by atoms with E-state index in [1.165, 1.54) is 0 Å². The van der Waals surface area contributed by atoms with Crippen molar-refractivity contribution in [1.82, 2.24) is 4.90 Å². The summed E-state index contributed by atoms with van der Waals surface area (Å²) in [5, 5.41) is 0. The number of rotatable bonds is 10. The third-order valence-electron chi connectivity index (χ3n) is 2.32. The van der Waals surface area contributed by atoms with Crippen LogP contribution in [0.1, 0.15) is 13.3 Å². The molecule has 0 spiro atoms. The minimum Gasteiger partial charge on any atom is -0.465 e. The van der Waals surface area contributed by atoms with Gasteiger partial charge in [-0.15, -0.1) is 13.2 Å². The van der Waals surface area contributed by atoms with Crippen molar-refractivity contribution in [2.75, 3.05) is 31.7 Å². The van der Waals surface area contributed by atoms with Gasteiger partial charge in [-0.25, -0.2) is 0 Å². The summed E-state index contributed by atoms with van der Waals surface area (Å²) in [5.41, 5.74) is 0. The van der Waals surface area contributed by atoms with E-state index in [0.29, 0.717) is 19.7 Å². The molecule has 0 aliphatic heterocycles. The van der Waals surface area contributed by atoms with Gasteiger partial charge in [0.25, 0.3) is 0 Å². The molecule has 0 saturated heterocycles. The molecular formula is C13H23NO2S. The summed E-state index contributed by atoms with van der Waals surface area (Å²) in [6.07, 6.45) is 6.43. The molecule has 0 aliphatic carbocycles. The molecule has 17 heavy (non-hydrogen) atoms. The SMILES string of the molecule is C=CCN(CC=C)[C@@H](CCSC)C(=O)OCC. The van der Waals surface area contributed by atoms with Crippen molar-refractivity contribution in [2.45, 2.75) is 19.4 Å². The van der Waals surface area contributed by atoms with Crippen LogP contribution in [0.15, 0.2) is 25.3 Å². The highest BCUT2D eigenvalue weighted by Crippen LogP contribution is 2.10. The first-order valence-corrected chi connectivity index (χ1v) is 7.22. The summed E-state index contributed by atoms with van der Waals surface area (Å²) in [6.45, 7) is 11.0. The van der Waals surface area contributed by atoms with Crippen molar-refractivity contribution in [2.24, 2.45) is 0 Å². The lowest BCUT2D eigenvalue weighted by Crippen LogP contribution is -2.42. The molecule has 0 heterocycles. The molecule has 1 atom stereocenters. The average Bonchev–Trinajstić information content (AvgIpc) is 2.30. The first-order valence-electron chi connectivity index (χ1n) is 5.82. The predicted molar refractivity (Wildman–Crippen MR) is 75.4 cm³/mol. The van der Waals surface area contributed by atoms with Crippen molar-refractivity contribution in [3.05, 3.63) is 25.3 Å². The number of esters is 1. The molecule has 0 unspecified atom stereocenters. The lowest BCUT2D eigenvalue weighted by Gasteiger charge is -2.27. The van der Waals surface area contributed by atoms with Gasteiger partial charge in [-0.05, 0) is 25.4 Å². The Bertz CT molecular complexity index is 234. The average molecular weight is 257 g/mol. The maximum Gasteiger partial charge on any atom is 0.323 e. The lowest BCUT2D eigenvalue weighted by molar-refractivity contribution is -0.149. The fraction of sp³-hybridized carbons (Fsp3) is 0.615. The van der Waals surface area contributed by atoms with Crippen molar-refractivity contribution in [1.29, 1.82) is 0 Å². The van der Waals surface area contributed by atoms with E-state index in [-0.39, 0.29) is 12.0 Å². The van der Waals surface area contributed by atoms with Crippen LogP contribution in [-0.4, -0.2) is 48.6 Å². The fourth-order valence-electron chi connectivity index (χ4n) is 1.58. The normalized spacial score (nSPS) is 12.2. The van der Waals surface area contributed by atoms with E-state index in [4.69, 9.17) is 4.74 Å². The first kappa shape index (κ1) is 16.3. The van der Waals surface area contributed by atoms with Gasteiger partial charge in [0.15, 0.2) is 0 Å². The van der Waals surface area contributed by atoms with Crippen LogP contribution in [0.3, 0.4) is 0 Å². The van der Waals surface area contributed by atoms with Crippen LogP contribution in [0.2, 0.25) is 0 Å². The molecule has 0 aliphatic rings. The molecule has 0 N–H and O–H groups in total. The smallest absolute Gasteiger partial charge is 0.323 e. The number of carbonyl (C=O) groups is 1. The van der Waals surface area contributed by atoms with Crippen LogP contribution in [-0.2, 0) is 9.53 Å². The summed E-state index contributed by atoms with van der Waals surface area (Å²) in [5.74, 6) is 0.791. The number of nitrogens with zero attached hydrogens (tertiary/aromatic N) is 1. The minimum absolute atomic E-state index is 0.148. The lowest BCUT2D eigenvalue weighted by atomic mass is 10.2. The predicted octanol–water partition coefficient (Wildman–Crippen LogP) is 2.35. The first-order chi connectivity index (χ1) is 8.21. The molecule has 0 bridgehead atoms. The summed E-state index contributed by atoms with van der Waals surface area (Å²) in [7, 11) is 0. The zero-order chi connectivity index (χ0) is 13.1. The second kappa shape index (κ2) is 10.4. The van der Waals surface area contributed by atoms with E-state index < -0.39 is 0 Å². The van der Waals surface area contributed by atoms with Gasteiger partial charge in [-0.3, -0.25) is 9.69 Å². The van der Waals surface area contributed by atoms with Gasteiger partial charge >= 0.3 is 5.97 Å². The van der Waals surface area contributed by atoms with E-state index in [9.17, 15) is 4.79 Å². The van der Waals surface area contributed by atoms with Gasteiger partial charge in [0.2, 0.25) is 0 Å². The van der Waals surface area contributed by atoms with Gasteiger partial charge in [0, 0.05) is 13.1 Å². The monoisotopic (exact) mass is 257 g/mol. The summed E-state index contributed by atoms with van der Waals surface area (Å²) in [4.78, 5) is 13.9. The van der Waals surface area contributed by atoms with Crippen LogP contribution in [0.5, 0.6) is 0 Å². The molecule has 0 radical (unpaired) electrons. The van der Waals surface area contributed by atoms with Crippen LogP contribution >= 0.6 is 11.8 Å². The van der Waals surface area contributed by atoms with E-state index in [0.717, 1.165) is 12.2 Å². The van der Waals surface area contributed by atoms with Gasteiger partial charge < -0.3 is 4.74 Å². The van der Waals surface area contributed by atoms with Gasteiger partial charge in [0.05, 0.1) is 6.61 Å². The van der Waals surface area contributed by atoms with Crippen LogP contribution in [0, 0.1) is 0 Å². The minimum atomic E-state index is -0.196. The van der Waals surface area contributed by atoms with E-state index >= 15 is 0 Å². The topological polar surface area (TPSA) is 29.5 Å². The Morgan fingerprint density at radius 3 is 2.41 bits per heavy atom. The van der Waals surface area contributed by atoms with Gasteiger partial charge in [-0.1, -0.05) is 12.2 Å². The van der Waals surface area contributed by atoms with Gasteiger partial charge in [0.1, 0.15) is 6.04 Å². The Morgan fingerprint density at radius 2 is 2.00 bits per heavy atom. The quantitative estimate of drug-likeness (QED) is 0.444. The van der Waals surface area contributed by atoms with Crippen LogP contribution in [0.4, 0.5) is 0 Å². The highest BCUT2D eigenvalue weighted by atomic mass is 32.2. The fourth-order valence-corrected chi connectivity index (χ4v) is 2.04. The summed E-state index contributed by atoms with van der Waals surface area (Å²) >= 11 is 1.73. The standard InChI is InChI=1S/C13H23NO2S/c1-5-9-14(10-6-2)12(8-11-17-4)13(15)16-7-3/h5-6,12H,1-2,7-11H2,3-4H3/t12-/m0/s1. The third kappa shape index (κ3) is 6.54. The highest BCUT2D eigenvalue weighted by Gasteiger charge is 2.25. The highest BCUT2D eigenvalue weighted by molar-refractivity contribution is 7.98. The number of hydrogen-bond donors (Lipinski definition) is 0. The van der Waals surface area contributed by atoms with E-state index in [1.807, 2.05) is 18.1 Å². The largest absolute Gasteiger partial charge is 0.465 e.